The van der Waals surface area contributed by atoms with Gasteiger partial charge in [-0.3, -0.25) is 19.3 Å². The highest BCUT2D eigenvalue weighted by Crippen LogP contribution is 2.64. The van der Waals surface area contributed by atoms with Crippen LogP contribution in [0.1, 0.15) is 46.0 Å². The summed E-state index contributed by atoms with van der Waals surface area (Å²) in [6.07, 6.45) is -0.851. The zero-order chi connectivity index (χ0) is 35.7. The maximum Gasteiger partial charge on any atom is 0.325 e. The number of carboxylic acid groups (broad SMARTS) is 1. The Morgan fingerprint density at radius 2 is 1.61 bits per heavy atom. The predicted molar refractivity (Wildman–Crippen MR) is 184 cm³/mol. The lowest BCUT2D eigenvalue weighted by atomic mass is 9.65. The summed E-state index contributed by atoms with van der Waals surface area (Å²) >= 11 is 0. The molecular formula is C39H34N4O8. The van der Waals surface area contributed by atoms with E-state index in [9.17, 15) is 29.4 Å². The van der Waals surface area contributed by atoms with Crippen molar-refractivity contribution >= 4 is 29.6 Å². The maximum absolute atomic E-state index is 14.8. The van der Waals surface area contributed by atoms with Crippen molar-refractivity contribution in [3.63, 3.8) is 0 Å². The Bertz CT molecular complexity index is 2050. The van der Waals surface area contributed by atoms with E-state index >= 15 is 0 Å². The number of aliphatic hydroxyl groups excluding tert-OH is 1. The molecule has 6 atom stereocenters. The highest BCUT2D eigenvalue weighted by Gasteiger charge is 2.74. The van der Waals surface area contributed by atoms with Crippen molar-refractivity contribution in [2.45, 2.75) is 29.6 Å². The third-order valence-corrected chi connectivity index (χ3v) is 9.71. The number of nitrogens with one attached hydrogen (secondary N) is 2. The second-order valence-corrected chi connectivity index (χ2v) is 12.5. The number of nitrogens with two attached hydrogens (primary N) is 1. The van der Waals surface area contributed by atoms with Gasteiger partial charge < -0.3 is 36.1 Å². The van der Waals surface area contributed by atoms with Gasteiger partial charge in [-0.1, -0.05) is 84.6 Å². The van der Waals surface area contributed by atoms with Gasteiger partial charge >= 0.3 is 18.0 Å². The summed E-state index contributed by atoms with van der Waals surface area (Å²) in [7, 11) is 0. The summed E-state index contributed by atoms with van der Waals surface area (Å²) in [5.74, 6) is 1.97. The van der Waals surface area contributed by atoms with E-state index in [4.69, 9.17) is 15.2 Å². The molecule has 4 aromatic rings. The molecule has 258 valence electrons. The zero-order valence-electron chi connectivity index (χ0n) is 27.2. The van der Waals surface area contributed by atoms with Gasteiger partial charge in [0.05, 0.1) is 25.2 Å². The summed E-state index contributed by atoms with van der Waals surface area (Å²) in [5, 5.41) is 25.8. The molecule has 0 unspecified atom stereocenters. The molecule has 0 bridgehead atoms. The van der Waals surface area contributed by atoms with Crippen molar-refractivity contribution in [3.8, 4) is 17.6 Å². The van der Waals surface area contributed by atoms with Gasteiger partial charge in [0.15, 0.2) is 0 Å². The molecule has 4 aromatic carbocycles. The molecule has 12 heteroatoms. The molecule has 0 saturated carbocycles. The normalized spacial score (nSPS) is 24.8. The largest absolute Gasteiger partial charge is 0.491 e. The first-order valence-corrected chi connectivity index (χ1v) is 16.4. The number of morpholine rings is 1. The lowest BCUT2D eigenvalue weighted by Gasteiger charge is -2.46. The molecule has 3 heterocycles. The van der Waals surface area contributed by atoms with E-state index in [0.29, 0.717) is 33.7 Å². The number of aliphatic hydroxyl groups is 1. The van der Waals surface area contributed by atoms with Crippen molar-refractivity contribution in [2.75, 3.05) is 25.1 Å². The number of ether oxygens (including phenoxy) is 2. The Hall–Kier alpha value is -6.16. The predicted octanol–water partition coefficient (Wildman–Crippen LogP) is 3.43. The number of hydrogen-bond acceptors (Lipinski definition) is 8. The third-order valence-electron chi connectivity index (χ3n) is 9.71. The Labute approximate surface area is 293 Å². The Morgan fingerprint density at radius 1 is 0.922 bits per heavy atom. The number of anilines is 1. The fraction of sp³-hybridized carbons (Fsp3) is 0.231. The fourth-order valence-electron chi connectivity index (χ4n) is 7.84. The molecule has 12 nitrogen and oxygen atoms in total. The van der Waals surface area contributed by atoms with Gasteiger partial charge in [0, 0.05) is 11.3 Å². The first-order chi connectivity index (χ1) is 24.7. The summed E-state index contributed by atoms with van der Waals surface area (Å²) in [5.41, 5.74) is 6.58. The van der Waals surface area contributed by atoms with Crippen LogP contribution < -0.4 is 21.1 Å². The molecule has 3 aliphatic rings. The molecule has 7 rings (SSSR count). The van der Waals surface area contributed by atoms with E-state index in [1.807, 2.05) is 65.6 Å². The van der Waals surface area contributed by atoms with Crippen LogP contribution in [0.2, 0.25) is 0 Å². The van der Waals surface area contributed by atoms with Crippen molar-refractivity contribution in [2.24, 2.45) is 11.7 Å². The maximum atomic E-state index is 14.8. The van der Waals surface area contributed by atoms with Crippen LogP contribution in [0.25, 0.3) is 0 Å². The first kappa shape index (κ1) is 33.3. The van der Waals surface area contributed by atoms with Crippen LogP contribution in [-0.4, -0.2) is 64.8 Å². The summed E-state index contributed by atoms with van der Waals surface area (Å²) in [6, 6.07) is 26.7. The number of fused-ring (bicyclic) bond motifs is 3. The highest BCUT2D eigenvalue weighted by molar-refractivity contribution is 6.11. The van der Waals surface area contributed by atoms with Crippen molar-refractivity contribution < 1.29 is 38.9 Å². The minimum Gasteiger partial charge on any atom is -0.491 e. The summed E-state index contributed by atoms with van der Waals surface area (Å²) < 4.78 is 11.9. The molecule has 1 spiro atoms. The number of carboxylic acids is 1. The molecule has 3 aliphatic heterocycles. The second kappa shape index (κ2) is 13.6. The Balaban J connectivity index is 1.49. The number of urea groups is 1. The minimum absolute atomic E-state index is 0.0266. The Morgan fingerprint density at radius 3 is 2.25 bits per heavy atom. The first-order valence-electron chi connectivity index (χ1n) is 16.4. The molecule has 2 saturated heterocycles. The van der Waals surface area contributed by atoms with Gasteiger partial charge in [-0.25, -0.2) is 4.79 Å². The lowest BCUT2D eigenvalue weighted by molar-refractivity contribution is -0.179. The highest BCUT2D eigenvalue weighted by atomic mass is 16.6. The van der Waals surface area contributed by atoms with Gasteiger partial charge in [-0.15, -0.1) is 0 Å². The summed E-state index contributed by atoms with van der Waals surface area (Å²) in [4.78, 5) is 55.9. The number of hydrogen-bond donors (Lipinski definition) is 5. The number of amides is 3. The van der Waals surface area contributed by atoms with Crippen LogP contribution in [0.15, 0.2) is 103 Å². The smallest absolute Gasteiger partial charge is 0.325 e. The molecule has 2 fully saturated rings. The fourth-order valence-corrected chi connectivity index (χ4v) is 7.84. The van der Waals surface area contributed by atoms with Gasteiger partial charge in [-0.2, -0.15) is 0 Å². The molecule has 6 N–H and O–H groups in total. The number of benzene rings is 4. The second-order valence-electron chi connectivity index (χ2n) is 12.5. The number of carbonyl (C=O) groups excluding carboxylic acids is 3. The van der Waals surface area contributed by atoms with Crippen LogP contribution in [0, 0.1) is 17.8 Å². The van der Waals surface area contributed by atoms with E-state index in [1.54, 1.807) is 42.5 Å². The molecule has 51 heavy (non-hydrogen) atoms. The number of primary amides is 1. The Kier molecular flexibility index (Phi) is 8.91. The van der Waals surface area contributed by atoms with E-state index in [1.165, 1.54) is 0 Å². The van der Waals surface area contributed by atoms with Crippen LogP contribution in [0.4, 0.5) is 10.5 Å². The van der Waals surface area contributed by atoms with Crippen LogP contribution in [0.3, 0.4) is 0 Å². The van der Waals surface area contributed by atoms with Gasteiger partial charge in [0.2, 0.25) is 5.91 Å². The van der Waals surface area contributed by atoms with Crippen molar-refractivity contribution in [1.29, 1.82) is 0 Å². The summed E-state index contributed by atoms with van der Waals surface area (Å²) in [6.45, 7) is -0.149. The van der Waals surface area contributed by atoms with Crippen molar-refractivity contribution in [3.05, 3.63) is 131 Å². The van der Waals surface area contributed by atoms with Gasteiger partial charge in [-0.05, 0) is 52.6 Å². The SMILES string of the molecule is NC(=O)NCC#Cc1ccc2c(c1)[C@]1(C(=O)N2)[C@H](C(=O)O)[C@H]2C(=O)O[C@H](c3ccccc3)[C@H](c3ccccc3)N2[C@@H]1c1ccc(OCCO)cc1. The minimum atomic E-state index is -1.85. The number of cyclic esters (lactones) is 1. The van der Waals surface area contributed by atoms with Crippen LogP contribution in [0.5, 0.6) is 5.75 Å². The molecular weight excluding hydrogens is 652 g/mol. The molecule has 0 aliphatic carbocycles. The quantitative estimate of drug-likeness (QED) is 0.137. The zero-order valence-corrected chi connectivity index (χ0v) is 27.2. The topological polar surface area (TPSA) is 181 Å². The number of rotatable bonds is 8. The van der Waals surface area contributed by atoms with Gasteiger partial charge in [0.1, 0.15) is 35.8 Å². The standard InChI is InChI=1S/C39H34N4O8/c40-38(49)41-19-7-8-23-13-18-29-28(22-23)39(37(48)42-29)30(35(45)46)32-36(47)51-33(25-11-5-2-6-12-25)31(24-9-3-1-4-10-24)43(32)34(39)26-14-16-27(17-15-26)50-21-20-44/h1-6,9-18,22,30-34,44H,19-21H2,(H,42,48)(H,45,46)(H3,40,41,49)/t30-,31-,32-,33+,34+,39-/m0/s1. The third kappa shape index (κ3) is 5.72. The number of aliphatic carboxylic acids is 1. The van der Waals surface area contributed by atoms with E-state index < -0.39 is 59.4 Å². The molecule has 3 amide bonds. The van der Waals surface area contributed by atoms with Crippen LogP contribution >= 0.6 is 0 Å². The monoisotopic (exact) mass is 686 g/mol. The lowest BCUT2D eigenvalue weighted by Crippen LogP contribution is -2.52. The molecule has 0 radical (unpaired) electrons. The van der Waals surface area contributed by atoms with E-state index in [2.05, 4.69) is 22.5 Å². The average Bonchev–Trinajstić information content (AvgIpc) is 3.62. The average molecular weight is 687 g/mol. The van der Waals surface area contributed by atoms with Crippen molar-refractivity contribution in [1.82, 2.24) is 10.2 Å². The number of nitrogens with zero attached hydrogens (tertiary/aromatic N) is 1. The number of carbonyl (C=O) groups is 4. The van der Waals surface area contributed by atoms with E-state index in [0.717, 1.165) is 5.56 Å². The van der Waals surface area contributed by atoms with Crippen LogP contribution in [-0.2, 0) is 24.5 Å². The van der Waals surface area contributed by atoms with E-state index in [-0.39, 0.29) is 19.8 Å². The number of esters is 1. The van der Waals surface area contributed by atoms with Gasteiger partial charge in [0.25, 0.3) is 0 Å². The molecule has 0 aromatic heterocycles.